The molecular weight excluding hydrogens is 262 g/mol. The normalized spacial score (nSPS) is 15.8. The van der Waals surface area contributed by atoms with E-state index in [0.717, 1.165) is 38.8 Å². The Labute approximate surface area is 117 Å². The molecule has 2 rings (SSSR count). The largest absolute Gasteiger partial charge is 0.452 e. The number of carbonyl (C=O) groups is 2. The number of ether oxygens (including phenoxy) is 1. The van der Waals surface area contributed by atoms with E-state index in [2.05, 4.69) is 9.68 Å². The van der Waals surface area contributed by atoms with Gasteiger partial charge < -0.3 is 19.9 Å². The zero-order valence-electron chi connectivity index (χ0n) is 11.6. The van der Waals surface area contributed by atoms with E-state index in [1.54, 1.807) is 11.8 Å². The highest BCUT2D eigenvalue weighted by Crippen LogP contribution is 2.16. The first kappa shape index (κ1) is 14.4. The Balaban J connectivity index is 1.88. The number of esters is 1. The van der Waals surface area contributed by atoms with Gasteiger partial charge in [-0.15, -0.1) is 0 Å². The highest BCUT2D eigenvalue weighted by molar-refractivity contribution is 5.96. The van der Waals surface area contributed by atoms with E-state index in [4.69, 9.17) is 10.5 Å². The van der Waals surface area contributed by atoms with Crippen molar-refractivity contribution in [3.8, 4) is 0 Å². The number of likely N-dealkylation sites (tertiary alicyclic amines) is 1. The van der Waals surface area contributed by atoms with Gasteiger partial charge in [-0.25, -0.2) is 4.79 Å². The molecule has 0 saturated carbocycles. The van der Waals surface area contributed by atoms with Crippen LogP contribution in [0.2, 0.25) is 0 Å². The smallest absolute Gasteiger partial charge is 0.346 e. The van der Waals surface area contributed by atoms with Crippen LogP contribution >= 0.6 is 0 Å². The van der Waals surface area contributed by atoms with Crippen molar-refractivity contribution in [1.29, 1.82) is 0 Å². The molecule has 2 heterocycles. The van der Waals surface area contributed by atoms with Gasteiger partial charge >= 0.3 is 5.97 Å². The maximum atomic E-state index is 12.0. The van der Waals surface area contributed by atoms with E-state index < -0.39 is 5.97 Å². The minimum Gasteiger partial charge on any atom is -0.452 e. The third-order valence-corrected chi connectivity index (χ3v) is 3.38. The number of anilines is 1. The lowest BCUT2D eigenvalue weighted by molar-refractivity contribution is -0.134. The first-order valence-electron chi connectivity index (χ1n) is 6.76. The second kappa shape index (κ2) is 6.40. The fraction of sp³-hybridized carbons (Fsp3) is 0.615. The zero-order valence-corrected chi connectivity index (χ0v) is 11.6. The number of aryl methyl sites for hydroxylation is 1. The summed E-state index contributed by atoms with van der Waals surface area (Å²) < 4.78 is 9.68. The van der Waals surface area contributed by atoms with E-state index in [1.807, 2.05) is 0 Å². The number of hydrogen-bond acceptors (Lipinski definition) is 6. The van der Waals surface area contributed by atoms with Crippen LogP contribution in [-0.4, -0.2) is 41.6 Å². The van der Waals surface area contributed by atoms with Crippen molar-refractivity contribution in [1.82, 2.24) is 10.1 Å². The molecule has 7 heteroatoms. The van der Waals surface area contributed by atoms with E-state index in [1.165, 1.54) is 0 Å². The Bertz CT molecular complexity index is 470. The van der Waals surface area contributed by atoms with Crippen LogP contribution in [0.3, 0.4) is 0 Å². The molecular formula is C13H19N3O4. The summed E-state index contributed by atoms with van der Waals surface area (Å²) >= 11 is 0. The molecule has 110 valence electrons. The van der Waals surface area contributed by atoms with E-state index in [9.17, 15) is 9.59 Å². The van der Waals surface area contributed by atoms with E-state index in [-0.39, 0.29) is 24.0 Å². The lowest BCUT2D eigenvalue weighted by Crippen LogP contribution is -2.35. The Morgan fingerprint density at radius 3 is 2.50 bits per heavy atom. The van der Waals surface area contributed by atoms with Crippen molar-refractivity contribution >= 4 is 17.8 Å². The predicted molar refractivity (Wildman–Crippen MR) is 71.0 cm³/mol. The molecule has 0 aliphatic carbocycles. The topological polar surface area (TPSA) is 98.7 Å². The lowest BCUT2D eigenvalue weighted by atomic mass is 10.2. The Kier molecular flexibility index (Phi) is 4.60. The van der Waals surface area contributed by atoms with Crippen LogP contribution < -0.4 is 5.73 Å². The fourth-order valence-corrected chi connectivity index (χ4v) is 2.25. The molecule has 1 aromatic heterocycles. The summed E-state index contributed by atoms with van der Waals surface area (Å²) in [6.45, 7) is 2.77. The monoisotopic (exact) mass is 281 g/mol. The summed E-state index contributed by atoms with van der Waals surface area (Å²) in [7, 11) is 0. The number of aromatic nitrogens is 1. The maximum absolute atomic E-state index is 12.0. The van der Waals surface area contributed by atoms with Crippen LogP contribution in [0, 0.1) is 6.92 Å². The van der Waals surface area contributed by atoms with Crippen LogP contribution in [0.25, 0.3) is 0 Å². The average molecular weight is 281 g/mol. The van der Waals surface area contributed by atoms with Crippen molar-refractivity contribution < 1.29 is 18.8 Å². The number of rotatable bonds is 3. The van der Waals surface area contributed by atoms with Gasteiger partial charge in [-0.05, 0) is 19.8 Å². The number of amides is 1. The SMILES string of the molecule is Cc1noc(N)c1C(=O)OCC(=O)N1CCCCCC1. The standard InChI is InChI=1S/C13H19N3O4/c1-9-11(12(14)20-15-9)13(18)19-8-10(17)16-6-4-2-3-5-7-16/h2-8,14H2,1H3. The predicted octanol–water partition coefficient (Wildman–Crippen LogP) is 1.12. The Morgan fingerprint density at radius 1 is 1.30 bits per heavy atom. The number of carbonyl (C=O) groups excluding carboxylic acids is 2. The first-order chi connectivity index (χ1) is 9.59. The minimum atomic E-state index is -0.676. The van der Waals surface area contributed by atoms with E-state index in [0.29, 0.717) is 5.69 Å². The quantitative estimate of drug-likeness (QED) is 0.834. The highest BCUT2D eigenvalue weighted by atomic mass is 16.5. The first-order valence-corrected chi connectivity index (χ1v) is 6.76. The molecule has 7 nitrogen and oxygen atoms in total. The Morgan fingerprint density at radius 2 is 1.95 bits per heavy atom. The summed E-state index contributed by atoms with van der Waals surface area (Å²) in [4.78, 5) is 25.5. The van der Waals surface area contributed by atoms with Gasteiger partial charge in [0.1, 0.15) is 5.56 Å². The van der Waals surface area contributed by atoms with Crippen molar-refractivity contribution in [3.63, 3.8) is 0 Å². The molecule has 2 N–H and O–H groups in total. The molecule has 1 fully saturated rings. The van der Waals surface area contributed by atoms with Gasteiger partial charge in [-0.2, -0.15) is 0 Å². The minimum absolute atomic E-state index is 0.0882. The lowest BCUT2D eigenvalue weighted by Gasteiger charge is -2.19. The summed E-state index contributed by atoms with van der Waals surface area (Å²) in [6.07, 6.45) is 4.27. The maximum Gasteiger partial charge on any atom is 0.346 e. The number of nitrogens with two attached hydrogens (primary N) is 1. The molecule has 0 atom stereocenters. The summed E-state index contributed by atoms with van der Waals surface area (Å²) in [5.74, 6) is -0.938. The van der Waals surface area contributed by atoms with E-state index >= 15 is 0 Å². The third-order valence-electron chi connectivity index (χ3n) is 3.38. The average Bonchev–Trinajstić information content (AvgIpc) is 2.66. The zero-order chi connectivity index (χ0) is 14.5. The molecule has 0 spiro atoms. The number of hydrogen-bond donors (Lipinski definition) is 1. The molecule has 0 unspecified atom stereocenters. The van der Waals surface area contributed by atoms with Gasteiger partial charge in [-0.1, -0.05) is 18.0 Å². The van der Waals surface area contributed by atoms with Gasteiger partial charge in [0, 0.05) is 13.1 Å². The van der Waals surface area contributed by atoms with Crippen LogP contribution in [0.1, 0.15) is 41.7 Å². The second-order valence-electron chi connectivity index (χ2n) is 4.88. The molecule has 0 aromatic carbocycles. The van der Waals surface area contributed by atoms with Crippen LogP contribution in [0.15, 0.2) is 4.52 Å². The van der Waals surface area contributed by atoms with Crippen LogP contribution in [0.4, 0.5) is 5.88 Å². The number of nitrogens with zero attached hydrogens (tertiary/aromatic N) is 2. The van der Waals surface area contributed by atoms with Gasteiger partial charge in [0.2, 0.25) is 5.88 Å². The van der Waals surface area contributed by atoms with Crippen molar-refractivity contribution in [2.24, 2.45) is 0 Å². The molecule has 1 saturated heterocycles. The molecule has 0 radical (unpaired) electrons. The third kappa shape index (κ3) is 3.28. The molecule has 1 aromatic rings. The molecule has 1 aliphatic heterocycles. The fourth-order valence-electron chi connectivity index (χ4n) is 2.25. The van der Waals surface area contributed by atoms with Crippen LogP contribution in [0.5, 0.6) is 0 Å². The van der Waals surface area contributed by atoms with Crippen LogP contribution in [-0.2, 0) is 9.53 Å². The number of nitrogen functional groups attached to an aromatic ring is 1. The van der Waals surface area contributed by atoms with Gasteiger partial charge in [0.25, 0.3) is 5.91 Å². The summed E-state index contributed by atoms with van der Waals surface area (Å²) in [5.41, 5.74) is 5.93. The van der Waals surface area contributed by atoms with Gasteiger partial charge in [0.15, 0.2) is 6.61 Å². The van der Waals surface area contributed by atoms with Crippen molar-refractivity contribution in [2.75, 3.05) is 25.4 Å². The van der Waals surface area contributed by atoms with Gasteiger partial charge in [0.05, 0.1) is 5.69 Å². The molecule has 20 heavy (non-hydrogen) atoms. The molecule has 0 bridgehead atoms. The highest BCUT2D eigenvalue weighted by Gasteiger charge is 2.22. The van der Waals surface area contributed by atoms with Crippen molar-refractivity contribution in [3.05, 3.63) is 11.3 Å². The Hall–Kier alpha value is -2.05. The summed E-state index contributed by atoms with van der Waals surface area (Å²) in [6, 6.07) is 0. The second-order valence-corrected chi connectivity index (χ2v) is 4.88. The molecule has 1 aliphatic rings. The molecule has 1 amide bonds. The summed E-state index contributed by atoms with van der Waals surface area (Å²) in [5, 5.41) is 3.57. The van der Waals surface area contributed by atoms with Crippen molar-refractivity contribution in [2.45, 2.75) is 32.6 Å². The van der Waals surface area contributed by atoms with Gasteiger partial charge in [-0.3, -0.25) is 4.79 Å².